The lowest BCUT2D eigenvalue weighted by Crippen LogP contribution is -2.06. The Morgan fingerprint density at radius 3 is 2.57 bits per heavy atom. The average Bonchev–Trinajstić information content (AvgIpc) is 2.01. The number of carbonyl (C=O) groups excluding carboxylic acids is 1. The normalized spacial score (nSPS) is 10.7. The molecule has 7 heteroatoms. The second-order valence-corrected chi connectivity index (χ2v) is 3.77. The number of aromatic nitrogens is 1. The Kier molecular flexibility index (Phi) is 3.71. The van der Waals surface area contributed by atoms with Gasteiger partial charge in [0, 0.05) is 9.64 Å². The van der Waals surface area contributed by atoms with Crippen LogP contribution in [-0.4, -0.2) is 10.2 Å². The highest BCUT2D eigenvalue weighted by molar-refractivity contribution is 14.1. The Labute approximate surface area is 95.6 Å². The van der Waals surface area contributed by atoms with Crippen LogP contribution in [0, 0.1) is 9.52 Å². The number of rotatable bonds is 2. The predicted octanol–water partition coefficient (Wildman–Crippen LogP) is 3.14. The van der Waals surface area contributed by atoms with Gasteiger partial charge in [0.25, 0.3) is 11.7 Å². The van der Waals surface area contributed by atoms with Gasteiger partial charge < -0.3 is 0 Å². The summed E-state index contributed by atoms with van der Waals surface area (Å²) >= 11 is 6.61. The summed E-state index contributed by atoms with van der Waals surface area (Å²) in [5, 5.41) is -1.07. The van der Waals surface area contributed by atoms with Crippen LogP contribution in [0.15, 0.2) is 6.07 Å². The number of hydrogen-bond acceptors (Lipinski definition) is 2. The van der Waals surface area contributed by atoms with Crippen molar-refractivity contribution in [2.75, 3.05) is 0 Å². The first-order chi connectivity index (χ1) is 6.43. The van der Waals surface area contributed by atoms with Gasteiger partial charge in [-0.15, -0.1) is 0 Å². The van der Waals surface area contributed by atoms with Gasteiger partial charge in [-0.3, -0.25) is 4.79 Å². The molecule has 14 heavy (non-hydrogen) atoms. The summed E-state index contributed by atoms with van der Waals surface area (Å²) in [6.07, 6.45) is -3.03. The maximum Gasteiger partial charge on any atom is 0.281 e. The molecule has 0 aliphatic heterocycles. The van der Waals surface area contributed by atoms with E-state index in [9.17, 15) is 18.0 Å². The first-order valence-corrected chi connectivity index (χ1v) is 4.73. The van der Waals surface area contributed by atoms with Gasteiger partial charge in [-0.2, -0.15) is 4.39 Å². The third-order valence-electron chi connectivity index (χ3n) is 1.37. The van der Waals surface area contributed by atoms with Crippen LogP contribution in [0.1, 0.15) is 22.5 Å². The van der Waals surface area contributed by atoms with E-state index in [1.807, 2.05) is 0 Å². The van der Waals surface area contributed by atoms with Gasteiger partial charge in [-0.1, -0.05) is 0 Å². The summed E-state index contributed by atoms with van der Waals surface area (Å²) < 4.78 is 37.3. The fraction of sp³-hybridized carbons (Fsp3) is 0.143. The van der Waals surface area contributed by atoms with Gasteiger partial charge >= 0.3 is 0 Å². The topological polar surface area (TPSA) is 30.0 Å². The van der Waals surface area contributed by atoms with Gasteiger partial charge in [0.05, 0.1) is 5.56 Å². The van der Waals surface area contributed by atoms with E-state index in [1.54, 1.807) is 22.6 Å². The van der Waals surface area contributed by atoms with Crippen LogP contribution in [0.2, 0.25) is 0 Å². The van der Waals surface area contributed by atoms with Gasteiger partial charge in [0.15, 0.2) is 0 Å². The fourth-order valence-electron chi connectivity index (χ4n) is 0.855. The monoisotopic (exact) mass is 335 g/mol. The summed E-state index contributed by atoms with van der Waals surface area (Å²) in [6.45, 7) is 0. The van der Waals surface area contributed by atoms with Crippen LogP contribution in [0.5, 0.6) is 0 Å². The number of pyridine rings is 1. The molecule has 0 aliphatic rings. The van der Waals surface area contributed by atoms with E-state index in [-0.39, 0.29) is 3.57 Å². The third kappa shape index (κ3) is 2.35. The minimum absolute atomic E-state index is 0.0189. The van der Waals surface area contributed by atoms with Crippen molar-refractivity contribution in [1.29, 1.82) is 0 Å². The van der Waals surface area contributed by atoms with Crippen molar-refractivity contribution in [2.24, 2.45) is 0 Å². The van der Waals surface area contributed by atoms with Gasteiger partial charge in [-0.25, -0.2) is 13.8 Å². The molecule has 0 saturated heterocycles. The molecule has 0 aliphatic carbocycles. The van der Waals surface area contributed by atoms with E-state index in [0.29, 0.717) is 0 Å². The second kappa shape index (κ2) is 4.43. The first kappa shape index (κ1) is 11.7. The molecule has 0 bridgehead atoms. The van der Waals surface area contributed by atoms with E-state index in [0.717, 1.165) is 6.07 Å². The first-order valence-electron chi connectivity index (χ1n) is 3.27. The van der Waals surface area contributed by atoms with Crippen LogP contribution in [0.25, 0.3) is 0 Å². The summed E-state index contributed by atoms with van der Waals surface area (Å²) in [4.78, 5) is 13.7. The minimum Gasteiger partial charge on any atom is -0.275 e. The smallest absolute Gasteiger partial charge is 0.275 e. The van der Waals surface area contributed by atoms with Crippen LogP contribution in [0.4, 0.5) is 13.2 Å². The molecular formula is C7H2ClF3INO. The van der Waals surface area contributed by atoms with Crippen molar-refractivity contribution >= 4 is 39.4 Å². The zero-order valence-corrected chi connectivity index (χ0v) is 9.31. The molecule has 0 radical (unpaired) electrons. The molecule has 2 nitrogen and oxygen atoms in total. The minimum atomic E-state index is -3.03. The number of nitrogens with zero attached hydrogens (tertiary/aromatic N) is 1. The quantitative estimate of drug-likeness (QED) is 0.472. The Balaban J connectivity index is 3.44. The predicted molar refractivity (Wildman–Crippen MR) is 52.1 cm³/mol. The molecule has 0 spiro atoms. The molecule has 0 amide bonds. The molecule has 1 rings (SSSR count). The molecule has 0 unspecified atom stereocenters. The Hall–Kier alpha value is -0.370. The molecule has 0 saturated carbocycles. The highest BCUT2D eigenvalue weighted by atomic mass is 127. The number of hydrogen-bond donors (Lipinski definition) is 0. The summed E-state index contributed by atoms with van der Waals surface area (Å²) in [5.74, 6) is -1.06. The number of carbonyl (C=O) groups is 1. The van der Waals surface area contributed by atoms with Crippen LogP contribution in [-0.2, 0) is 0 Å². The highest BCUT2D eigenvalue weighted by Gasteiger charge is 2.23. The molecule has 0 N–H and O–H groups in total. The van der Waals surface area contributed by atoms with E-state index in [1.165, 1.54) is 0 Å². The van der Waals surface area contributed by atoms with E-state index < -0.39 is 28.9 Å². The molecule has 1 aromatic heterocycles. The van der Waals surface area contributed by atoms with Crippen molar-refractivity contribution in [2.45, 2.75) is 6.43 Å². The molecule has 1 aromatic rings. The second-order valence-electron chi connectivity index (χ2n) is 2.26. The molecule has 0 fully saturated rings. The van der Waals surface area contributed by atoms with Crippen molar-refractivity contribution < 1.29 is 18.0 Å². The summed E-state index contributed by atoms with van der Waals surface area (Å²) in [6, 6.07) is 0.863. The maximum atomic E-state index is 12.6. The Bertz CT molecular complexity index is 385. The molecule has 0 aromatic carbocycles. The lowest BCUT2D eigenvalue weighted by Gasteiger charge is -2.05. The third-order valence-corrected chi connectivity index (χ3v) is 2.41. The largest absolute Gasteiger partial charge is 0.281 e. The Morgan fingerprint density at radius 2 is 2.14 bits per heavy atom. The van der Waals surface area contributed by atoms with Crippen molar-refractivity contribution in [1.82, 2.24) is 4.98 Å². The Morgan fingerprint density at radius 1 is 1.57 bits per heavy atom. The number of alkyl halides is 2. The lowest BCUT2D eigenvalue weighted by atomic mass is 10.2. The lowest BCUT2D eigenvalue weighted by molar-refractivity contribution is 0.106. The van der Waals surface area contributed by atoms with E-state index in [2.05, 4.69) is 4.98 Å². The maximum absolute atomic E-state index is 12.6. The molecule has 1 heterocycles. The van der Waals surface area contributed by atoms with Gasteiger partial charge in [-0.05, 0) is 34.2 Å². The summed E-state index contributed by atoms with van der Waals surface area (Å²) in [7, 11) is 0. The van der Waals surface area contributed by atoms with Crippen LogP contribution >= 0.6 is 34.2 Å². The molecular weight excluding hydrogens is 333 g/mol. The van der Waals surface area contributed by atoms with E-state index in [4.69, 9.17) is 11.6 Å². The molecule has 76 valence electrons. The highest BCUT2D eigenvalue weighted by Crippen LogP contribution is 2.26. The van der Waals surface area contributed by atoms with Crippen molar-refractivity contribution in [3.63, 3.8) is 0 Å². The van der Waals surface area contributed by atoms with Crippen LogP contribution < -0.4 is 0 Å². The van der Waals surface area contributed by atoms with Crippen LogP contribution in [0.3, 0.4) is 0 Å². The van der Waals surface area contributed by atoms with Gasteiger partial charge in [0.2, 0.25) is 5.95 Å². The van der Waals surface area contributed by atoms with Crippen molar-refractivity contribution in [3.8, 4) is 0 Å². The van der Waals surface area contributed by atoms with E-state index >= 15 is 0 Å². The number of halogens is 5. The molecule has 0 atom stereocenters. The average molecular weight is 335 g/mol. The summed E-state index contributed by atoms with van der Waals surface area (Å²) in [5.41, 5.74) is -1.36. The zero-order chi connectivity index (χ0) is 10.9. The fourth-order valence-corrected chi connectivity index (χ4v) is 1.99. The standard InChI is InChI=1S/C7H2ClF3INO/c8-6(14)4-2(12)1-3(9)13-5(4)7(10)11/h1,7H. The van der Waals surface area contributed by atoms with Gasteiger partial charge in [0.1, 0.15) is 5.69 Å². The van der Waals surface area contributed by atoms with Crippen molar-refractivity contribution in [3.05, 3.63) is 26.8 Å². The zero-order valence-electron chi connectivity index (χ0n) is 6.40. The SMILES string of the molecule is O=C(Cl)c1c(I)cc(F)nc1C(F)F.